The van der Waals surface area contributed by atoms with E-state index in [1.165, 1.54) is 18.2 Å². The van der Waals surface area contributed by atoms with Crippen molar-refractivity contribution in [3.63, 3.8) is 0 Å². The first-order valence-corrected chi connectivity index (χ1v) is 8.14. The zero-order chi connectivity index (χ0) is 19.0. The second kappa shape index (κ2) is 6.42. The number of carboxylic acid groups (broad SMARTS) is 1. The quantitative estimate of drug-likeness (QED) is 0.713. The number of anilines is 1. The van der Waals surface area contributed by atoms with Crippen LogP contribution in [0.1, 0.15) is 31.1 Å². The number of ether oxygens (including phenoxy) is 1. The van der Waals surface area contributed by atoms with E-state index in [2.05, 4.69) is 0 Å². The third-order valence-electron chi connectivity index (χ3n) is 4.21. The van der Waals surface area contributed by atoms with E-state index in [9.17, 15) is 14.4 Å². The van der Waals surface area contributed by atoms with Crippen LogP contribution in [0, 0.1) is 0 Å². The summed E-state index contributed by atoms with van der Waals surface area (Å²) in [5.41, 5.74) is 0.626. The molecule has 0 atom stereocenters. The first-order chi connectivity index (χ1) is 13.0. The summed E-state index contributed by atoms with van der Waals surface area (Å²) in [5.74, 6) is -0.945. The maximum atomic E-state index is 12.6. The van der Waals surface area contributed by atoms with Crippen LogP contribution in [0.2, 0.25) is 0 Å². The van der Waals surface area contributed by atoms with Gasteiger partial charge in [0.05, 0.1) is 22.4 Å². The summed E-state index contributed by atoms with van der Waals surface area (Å²) in [6.07, 6.45) is 0. The van der Waals surface area contributed by atoms with Gasteiger partial charge in [0.2, 0.25) is 0 Å². The lowest BCUT2D eigenvalue weighted by molar-refractivity contribution is 0.0696. The van der Waals surface area contributed by atoms with Gasteiger partial charge in [0.1, 0.15) is 11.5 Å². The lowest BCUT2D eigenvalue weighted by Crippen LogP contribution is -2.29. The predicted molar refractivity (Wildman–Crippen MR) is 97.5 cm³/mol. The van der Waals surface area contributed by atoms with E-state index >= 15 is 0 Å². The zero-order valence-electron chi connectivity index (χ0n) is 14.0. The fraction of sp³-hybridized carbons (Fsp3) is 0. The number of para-hydroxylation sites is 1. The van der Waals surface area contributed by atoms with Gasteiger partial charge in [0.25, 0.3) is 11.8 Å². The zero-order valence-corrected chi connectivity index (χ0v) is 14.0. The second-order valence-corrected chi connectivity index (χ2v) is 5.92. The van der Waals surface area contributed by atoms with Crippen LogP contribution in [0.4, 0.5) is 5.69 Å². The maximum Gasteiger partial charge on any atom is 0.335 e. The van der Waals surface area contributed by atoms with Gasteiger partial charge in [-0.15, -0.1) is 0 Å². The van der Waals surface area contributed by atoms with Crippen LogP contribution < -0.4 is 9.64 Å². The SMILES string of the molecule is O=C(O)c1ccc2c(c1)C(=O)N(c1ccc(Oc3ccccc3)cc1)C2=O. The smallest absolute Gasteiger partial charge is 0.335 e. The van der Waals surface area contributed by atoms with Crippen LogP contribution in [0.15, 0.2) is 72.8 Å². The van der Waals surface area contributed by atoms with E-state index < -0.39 is 17.8 Å². The number of aromatic carboxylic acids is 1. The number of rotatable bonds is 4. The van der Waals surface area contributed by atoms with Crippen LogP contribution in [0.25, 0.3) is 0 Å². The van der Waals surface area contributed by atoms with Gasteiger partial charge in [-0.3, -0.25) is 9.59 Å². The highest BCUT2D eigenvalue weighted by molar-refractivity contribution is 6.34. The average Bonchev–Trinajstić information content (AvgIpc) is 2.93. The average molecular weight is 359 g/mol. The van der Waals surface area contributed by atoms with E-state index in [1.807, 2.05) is 30.3 Å². The Morgan fingerprint density at radius 3 is 2.07 bits per heavy atom. The van der Waals surface area contributed by atoms with Crippen LogP contribution in [0.3, 0.4) is 0 Å². The van der Waals surface area contributed by atoms with Crippen molar-refractivity contribution in [1.82, 2.24) is 0 Å². The number of amides is 2. The van der Waals surface area contributed by atoms with Crippen molar-refractivity contribution in [2.24, 2.45) is 0 Å². The molecule has 3 aromatic rings. The third kappa shape index (κ3) is 2.93. The van der Waals surface area contributed by atoms with Gasteiger partial charge >= 0.3 is 5.97 Å². The molecule has 1 aliphatic heterocycles. The molecule has 1 heterocycles. The molecule has 0 saturated carbocycles. The number of nitrogens with zero attached hydrogens (tertiary/aromatic N) is 1. The van der Waals surface area contributed by atoms with Gasteiger partial charge in [-0.05, 0) is 54.6 Å². The van der Waals surface area contributed by atoms with Crippen LogP contribution in [0.5, 0.6) is 11.5 Å². The van der Waals surface area contributed by atoms with Crippen molar-refractivity contribution >= 4 is 23.5 Å². The van der Waals surface area contributed by atoms with Gasteiger partial charge in [-0.1, -0.05) is 18.2 Å². The molecule has 0 fully saturated rings. The Kier molecular flexibility index (Phi) is 3.93. The highest BCUT2D eigenvalue weighted by atomic mass is 16.5. The van der Waals surface area contributed by atoms with Crippen molar-refractivity contribution < 1.29 is 24.2 Å². The van der Waals surface area contributed by atoms with Crippen LogP contribution >= 0.6 is 0 Å². The second-order valence-electron chi connectivity index (χ2n) is 5.92. The monoisotopic (exact) mass is 359 g/mol. The molecule has 132 valence electrons. The molecule has 1 N–H and O–H groups in total. The highest BCUT2D eigenvalue weighted by Gasteiger charge is 2.37. The lowest BCUT2D eigenvalue weighted by atomic mass is 10.1. The summed E-state index contributed by atoms with van der Waals surface area (Å²) in [5, 5.41) is 9.08. The Morgan fingerprint density at radius 2 is 1.41 bits per heavy atom. The van der Waals surface area contributed by atoms with E-state index in [-0.39, 0.29) is 16.7 Å². The van der Waals surface area contributed by atoms with Gasteiger partial charge in [0.15, 0.2) is 0 Å². The maximum absolute atomic E-state index is 12.6. The molecule has 2 amide bonds. The van der Waals surface area contributed by atoms with Gasteiger partial charge in [0, 0.05) is 0 Å². The first-order valence-electron chi connectivity index (χ1n) is 8.14. The summed E-state index contributed by atoms with van der Waals surface area (Å²) in [7, 11) is 0. The molecule has 0 unspecified atom stereocenters. The topological polar surface area (TPSA) is 83.9 Å². The Balaban J connectivity index is 1.61. The summed E-state index contributed by atoms with van der Waals surface area (Å²) in [4.78, 5) is 37.4. The molecule has 0 bridgehead atoms. The summed E-state index contributed by atoms with van der Waals surface area (Å²) in [6.45, 7) is 0. The minimum Gasteiger partial charge on any atom is -0.478 e. The molecule has 0 radical (unpaired) electrons. The van der Waals surface area contributed by atoms with E-state index in [0.717, 1.165) is 4.90 Å². The lowest BCUT2D eigenvalue weighted by Gasteiger charge is -2.14. The fourth-order valence-electron chi connectivity index (χ4n) is 2.90. The molecule has 6 nitrogen and oxygen atoms in total. The largest absolute Gasteiger partial charge is 0.478 e. The number of fused-ring (bicyclic) bond motifs is 1. The van der Waals surface area contributed by atoms with Gasteiger partial charge < -0.3 is 9.84 Å². The van der Waals surface area contributed by atoms with E-state index in [0.29, 0.717) is 17.2 Å². The molecule has 3 aromatic carbocycles. The molecule has 0 saturated heterocycles. The minimum atomic E-state index is -1.15. The highest BCUT2D eigenvalue weighted by Crippen LogP contribution is 2.31. The Bertz CT molecular complexity index is 1060. The van der Waals surface area contributed by atoms with Crippen molar-refractivity contribution in [3.05, 3.63) is 89.5 Å². The number of hydrogen-bond donors (Lipinski definition) is 1. The van der Waals surface area contributed by atoms with Crippen molar-refractivity contribution in [3.8, 4) is 11.5 Å². The van der Waals surface area contributed by atoms with E-state index in [1.54, 1.807) is 24.3 Å². The predicted octanol–water partition coefficient (Wildman–Crippen LogP) is 3.98. The standard InChI is InChI=1S/C21H13NO5/c23-19-17-11-6-13(21(25)26)12-18(17)20(24)22(19)14-7-9-16(10-8-14)27-15-4-2-1-3-5-15/h1-12H,(H,25,26). The molecule has 0 aromatic heterocycles. The van der Waals surface area contributed by atoms with Crippen molar-refractivity contribution in [2.45, 2.75) is 0 Å². The molecular formula is C21H13NO5. The first kappa shape index (κ1) is 16.5. The third-order valence-corrected chi connectivity index (χ3v) is 4.21. The van der Waals surface area contributed by atoms with Crippen molar-refractivity contribution in [1.29, 1.82) is 0 Å². The number of carbonyl (C=O) groups is 3. The Hall–Kier alpha value is -3.93. The van der Waals surface area contributed by atoms with Crippen LogP contribution in [-0.2, 0) is 0 Å². The summed E-state index contributed by atoms with van der Waals surface area (Å²) < 4.78 is 5.70. The molecule has 0 aliphatic carbocycles. The normalized spacial score (nSPS) is 12.8. The Labute approximate surface area is 154 Å². The van der Waals surface area contributed by atoms with E-state index in [4.69, 9.17) is 9.84 Å². The number of imide groups is 1. The number of carbonyl (C=O) groups excluding carboxylic acids is 2. The van der Waals surface area contributed by atoms with Crippen LogP contribution in [-0.4, -0.2) is 22.9 Å². The van der Waals surface area contributed by atoms with Gasteiger partial charge in [-0.2, -0.15) is 0 Å². The fourth-order valence-corrected chi connectivity index (χ4v) is 2.90. The number of carboxylic acids is 1. The summed E-state index contributed by atoms with van der Waals surface area (Å²) in [6, 6.07) is 19.7. The molecule has 1 aliphatic rings. The number of hydrogen-bond acceptors (Lipinski definition) is 4. The Morgan fingerprint density at radius 1 is 0.778 bits per heavy atom. The van der Waals surface area contributed by atoms with Gasteiger partial charge in [-0.25, -0.2) is 9.69 Å². The summed E-state index contributed by atoms with van der Waals surface area (Å²) >= 11 is 0. The molecule has 0 spiro atoms. The number of benzene rings is 3. The van der Waals surface area contributed by atoms with Crippen molar-refractivity contribution in [2.75, 3.05) is 4.90 Å². The molecule has 27 heavy (non-hydrogen) atoms. The molecular weight excluding hydrogens is 346 g/mol. The molecule has 6 heteroatoms. The minimum absolute atomic E-state index is 0.0386. The molecule has 4 rings (SSSR count).